The predicted molar refractivity (Wildman–Crippen MR) is 71.7 cm³/mol. The van der Waals surface area contributed by atoms with E-state index in [9.17, 15) is 9.18 Å². The monoisotopic (exact) mass is 272 g/mol. The molecule has 2 aliphatic heterocycles. The highest BCUT2D eigenvalue weighted by atomic mass is 19.1. The second-order valence-electron chi connectivity index (χ2n) is 5.96. The molecule has 5 heteroatoms. The Kier molecular flexibility index (Phi) is 5.16. The molecular weight excluding hydrogens is 247 g/mol. The van der Waals surface area contributed by atoms with Gasteiger partial charge in [-0.3, -0.25) is 9.69 Å². The summed E-state index contributed by atoms with van der Waals surface area (Å²) in [6, 6.07) is 0. The predicted octanol–water partition coefficient (Wildman–Crippen LogP) is 1.30. The van der Waals surface area contributed by atoms with E-state index in [4.69, 9.17) is 4.74 Å². The number of halogens is 1. The van der Waals surface area contributed by atoms with Crippen molar-refractivity contribution in [3.63, 3.8) is 0 Å². The first-order chi connectivity index (χ1) is 9.04. The maximum Gasteiger partial charge on any atom is 0.303 e. The summed E-state index contributed by atoms with van der Waals surface area (Å²) in [4.78, 5) is 15.4. The molecular formula is C14H25FN2O2. The van der Waals surface area contributed by atoms with E-state index in [2.05, 4.69) is 16.8 Å². The molecule has 2 rings (SSSR count). The Labute approximate surface area is 114 Å². The van der Waals surface area contributed by atoms with Crippen LogP contribution in [0.5, 0.6) is 0 Å². The zero-order valence-electron chi connectivity index (χ0n) is 12.0. The molecule has 0 amide bonds. The molecule has 2 atom stereocenters. The van der Waals surface area contributed by atoms with Crippen LogP contribution >= 0.6 is 0 Å². The van der Waals surface area contributed by atoms with E-state index >= 15 is 0 Å². The third-order valence-corrected chi connectivity index (χ3v) is 4.24. The number of rotatable bonds is 3. The number of esters is 1. The van der Waals surface area contributed by atoms with Crippen LogP contribution in [0.4, 0.5) is 4.39 Å². The molecule has 2 aliphatic rings. The lowest BCUT2D eigenvalue weighted by Gasteiger charge is -2.37. The lowest BCUT2D eigenvalue weighted by atomic mass is 9.95. The Hall–Kier alpha value is -0.680. The second kappa shape index (κ2) is 6.66. The van der Waals surface area contributed by atoms with Crippen molar-refractivity contribution in [1.29, 1.82) is 0 Å². The van der Waals surface area contributed by atoms with Crippen LogP contribution < -0.4 is 0 Å². The first kappa shape index (κ1) is 14.7. The van der Waals surface area contributed by atoms with Crippen molar-refractivity contribution in [2.75, 3.05) is 39.8 Å². The molecule has 4 nitrogen and oxygen atoms in total. The summed E-state index contributed by atoms with van der Waals surface area (Å²) in [5.41, 5.74) is 0. The van der Waals surface area contributed by atoms with Gasteiger partial charge in [-0.25, -0.2) is 4.39 Å². The molecule has 110 valence electrons. The van der Waals surface area contributed by atoms with Gasteiger partial charge in [-0.15, -0.1) is 0 Å². The molecule has 0 radical (unpaired) electrons. The van der Waals surface area contributed by atoms with E-state index < -0.39 is 12.3 Å². The Morgan fingerprint density at radius 2 is 1.95 bits per heavy atom. The molecule has 0 aromatic carbocycles. The molecule has 0 saturated carbocycles. The summed E-state index contributed by atoms with van der Waals surface area (Å²) < 4.78 is 19.0. The molecule has 0 aliphatic carbocycles. The molecule has 0 unspecified atom stereocenters. The highest BCUT2D eigenvalue weighted by Gasteiger charge is 2.32. The first-order valence-corrected chi connectivity index (χ1v) is 7.27. The van der Waals surface area contributed by atoms with Gasteiger partial charge in [0.25, 0.3) is 0 Å². The highest BCUT2D eigenvalue weighted by molar-refractivity contribution is 5.66. The summed E-state index contributed by atoms with van der Waals surface area (Å²) in [7, 11) is 2.15. The topological polar surface area (TPSA) is 32.8 Å². The van der Waals surface area contributed by atoms with Crippen molar-refractivity contribution in [3.05, 3.63) is 0 Å². The number of piperidine rings is 2. The average Bonchev–Trinajstić information content (AvgIpc) is 2.35. The number of hydrogen-bond acceptors (Lipinski definition) is 4. The fourth-order valence-corrected chi connectivity index (χ4v) is 3.07. The van der Waals surface area contributed by atoms with Crippen LogP contribution in [0.3, 0.4) is 0 Å². The van der Waals surface area contributed by atoms with Crippen LogP contribution in [0.25, 0.3) is 0 Å². The Bertz CT molecular complexity index is 306. The first-order valence-electron chi connectivity index (χ1n) is 7.27. The molecule has 2 heterocycles. The van der Waals surface area contributed by atoms with Crippen LogP contribution in [0.1, 0.15) is 26.2 Å². The average molecular weight is 272 g/mol. The molecule has 0 N–H and O–H groups in total. The van der Waals surface area contributed by atoms with Crippen molar-refractivity contribution >= 4 is 5.97 Å². The third kappa shape index (κ3) is 4.42. The Morgan fingerprint density at radius 1 is 1.26 bits per heavy atom. The SMILES string of the molecule is CC(=O)O[C@H]1CCN(CC2CCN(C)CC2)C[C@H]1F. The molecule has 0 aromatic rings. The van der Waals surface area contributed by atoms with Gasteiger partial charge >= 0.3 is 5.97 Å². The molecule has 2 saturated heterocycles. The maximum atomic E-state index is 13.9. The molecule has 2 fully saturated rings. The van der Waals surface area contributed by atoms with Gasteiger partial charge in [0.05, 0.1) is 0 Å². The summed E-state index contributed by atoms with van der Waals surface area (Å²) in [5, 5.41) is 0. The minimum Gasteiger partial charge on any atom is -0.459 e. The zero-order chi connectivity index (χ0) is 13.8. The number of carbonyl (C=O) groups is 1. The lowest BCUT2D eigenvalue weighted by Crippen LogP contribution is -2.48. The molecule has 0 spiro atoms. The van der Waals surface area contributed by atoms with Crippen molar-refractivity contribution in [2.45, 2.75) is 38.5 Å². The van der Waals surface area contributed by atoms with Gasteiger partial charge in [-0.2, -0.15) is 0 Å². The number of nitrogens with zero attached hydrogens (tertiary/aromatic N) is 2. The van der Waals surface area contributed by atoms with Crippen molar-refractivity contribution < 1.29 is 13.9 Å². The van der Waals surface area contributed by atoms with Crippen molar-refractivity contribution in [1.82, 2.24) is 9.80 Å². The normalized spacial score (nSPS) is 31.3. The fraction of sp³-hybridized carbons (Fsp3) is 0.929. The number of hydrogen-bond donors (Lipinski definition) is 0. The van der Waals surface area contributed by atoms with Crippen molar-refractivity contribution in [3.8, 4) is 0 Å². The summed E-state index contributed by atoms with van der Waals surface area (Å²) >= 11 is 0. The Morgan fingerprint density at radius 3 is 2.53 bits per heavy atom. The summed E-state index contributed by atoms with van der Waals surface area (Å²) in [6.07, 6.45) is 1.46. The highest BCUT2D eigenvalue weighted by Crippen LogP contribution is 2.22. The van der Waals surface area contributed by atoms with Gasteiger partial charge in [-0.05, 0) is 38.9 Å². The number of likely N-dealkylation sites (tertiary alicyclic amines) is 2. The number of carbonyl (C=O) groups excluding carboxylic acids is 1. The largest absolute Gasteiger partial charge is 0.459 e. The zero-order valence-corrected chi connectivity index (χ0v) is 12.0. The van der Waals surface area contributed by atoms with Gasteiger partial charge in [0.15, 0.2) is 0 Å². The molecule has 0 aromatic heterocycles. The number of ether oxygens (including phenoxy) is 1. The van der Waals surface area contributed by atoms with E-state index in [-0.39, 0.29) is 5.97 Å². The van der Waals surface area contributed by atoms with Gasteiger partial charge in [0.1, 0.15) is 12.3 Å². The molecule has 19 heavy (non-hydrogen) atoms. The third-order valence-electron chi connectivity index (χ3n) is 4.24. The summed E-state index contributed by atoms with van der Waals surface area (Å²) in [6.45, 7) is 5.87. The molecule has 0 bridgehead atoms. The quantitative estimate of drug-likeness (QED) is 0.725. The second-order valence-corrected chi connectivity index (χ2v) is 5.96. The van der Waals surface area contributed by atoms with Gasteiger partial charge in [0.2, 0.25) is 0 Å². The standard InChI is InChI=1S/C14H25FN2O2/c1-11(18)19-14-5-8-17(10-13(14)15)9-12-3-6-16(2)7-4-12/h12-14H,3-10H2,1-2H3/t13-,14+/m1/s1. The van der Waals surface area contributed by atoms with Crippen LogP contribution in [0.15, 0.2) is 0 Å². The Balaban J connectivity index is 1.74. The number of alkyl halides is 1. The fourth-order valence-electron chi connectivity index (χ4n) is 3.07. The maximum absolute atomic E-state index is 13.9. The van der Waals surface area contributed by atoms with Crippen LogP contribution in [-0.2, 0) is 9.53 Å². The van der Waals surface area contributed by atoms with E-state index in [0.717, 1.165) is 26.2 Å². The van der Waals surface area contributed by atoms with Gasteiger partial charge in [-0.1, -0.05) is 0 Å². The van der Waals surface area contributed by atoms with E-state index in [1.807, 2.05) is 0 Å². The smallest absolute Gasteiger partial charge is 0.303 e. The van der Waals surface area contributed by atoms with Crippen LogP contribution in [0.2, 0.25) is 0 Å². The van der Waals surface area contributed by atoms with E-state index in [0.29, 0.717) is 18.9 Å². The van der Waals surface area contributed by atoms with Gasteiger partial charge < -0.3 is 9.64 Å². The van der Waals surface area contributed by atoms with E-state index in [1.165, 1.54) is 19.8 Å². The van der Waals surface area contributed by atoms with E-state index in [1.54, 1.807) is 0 Å². The minimum absolute atomic E-state index is 0.378. The van der Waals surface area contributed by atoms with Crippen LogP contribution in [0, 0.1) is 5.92 Å². The minimum atomic E-state index is -1.04. The van der Waals surface area contributed by atoms with Crippen LogP contribution in [-0.4, -0.2) is 67.8 Å². The van der Waals surface area contributed by atoms with Gasteiger partial charge in [0, 0.05) is 33.0 Å². The summed E-state index contributed by atoms with van der Waals surface area (Å²) in [5.74, 6) is 0.310. The lowest BCUT2D eigenvalue weighted by molar-refractivity contribution is -0.153. The van der Waals surface area contributed by atoms with Crippen molar-refractivity contribution in [2.24, 2.45) is 5.92 Å².